The Balaban J connectivity index is 2.47. The predicted molar refractivity (Wildman–Crippen MR) is 69.6 cm³/mol. The Morgan fingerprint density at radius 1 is 1.53 bits per heavy atom. The third-order valence-electron chi connectivity index (χ3n) is 2.96. The van der Waals surface area contributed by atoms with E-state index in [1.807, 2.05) is 20.9 Å². The molecule has 1 heterocycles. The topological polar surface area (TPSA) is 96.3 Å². The van der Waals surface area contributed by atoms with Crippen molar-refractivity contribution in [1.29, 1.82) is 0 Å². The van der Waals surface area contributed by atoms with Gasteiger partial charge in [0.25, 0.3) is 0 Å². The molecule has 1 aromatic rings. The molecule has 0 fully saturated rings. The summed E-state index contributed by atoms with van der Waals surface area (Å²) in [7, 11) is 1.82. The van der Waals surface area contributed by atoms with Gasteiger partial charge in [-0.25, -0.2) is 9.59 Å². The molecule has 0 radical (unpaired) electrons. The molecule has 1 atom stereocenters. The first-order valence-electron chi connectivity index (χ1n) is 6.20. The monoisotopic (exact) mass is 268 g/mol. The van der Waals surface area contributed by atoms with Crippen molar-refractivity contribution < 1.29 is 14.7 Å². The van der Waals surface area contributed by atoms with Gasteiger partial charge in [-0.1, -0.05) is 13.3 Å². The number of nitrogens with one attached hydrogen (secondary N) is 2. The lowest BCUT2D eigenvalue weighted by atomic mass is 10.2. The van der Waals surface area contributed by atoms with E-state index in [0.717, 1.165) is 11.3 Å². The van der Waals surface area contributed by atoms with Gasteiger partial charge >= 0.3 is 12.0 Å². The van der Waals surface area contributed by atoms with Crippen molar-refractivity contribution >= 4 is 12.0 Å². The fraction of sp³-hybridized carbons (Fsp3) is 0.583. The molecule has 19 heavy (non-hydrogen) atoms. The summed E-state index contributed by atoms with van der Waals surface area (Å²) in [5, 5.41) is 18.1. The summed E-state index contributed by atoms with van der Waals surface area (Å²) in [6.07, 6.45) is 2.78. The van der Waals surface area contributed by atoms with E-state index in [4.69, 9.17) is 5.11 Å². The number of aryl methyl sites for hydroxylation is 1. The molecule has 7 heteroatoms. The fourth-order valence-corrected chi connectivity index (χ4v) is 1.65. The van der Waals surface area contributed by atoms with Crippen molar-refractivity contribution in [1.82, 2.24) is 20.4 Å². The van der Waals surface area contributed by atoms with Crippen molar-refractivity contribution in [3.8, 4) is 0 Å². The molecule has 3 N–H and O–H groups in total. The number of carbonyl (C=O) groups is 2. The van der Waals surface area contributed by atoms with Gasteiger partial charge in [-0.2, -0.15) is 5.10 Å². The normalized spacial score (nSPS) is 11.9. The zero-order chi connectivity index (χ0) is 14.4. The van der Waals surface area contributed by atoms with Crippen LogP contribution in [0.5, 0.6) is 0 Å². The SMILES string of the molecule is CCCC(NC(=O)NCc1cnn(C)c1C)C(=O)O. The number of aliphatic carboxylic acids is 1. The molecule has 7 nitrogen and oxygen atoms in total. The van der Waals surface area contributed by atoms with E-state index in [9.17, 15) is 9.59 Å². The van der Waals surface area contributed by atoms with Gasteiger partial charge in [-0.05, 0) is 13.3 Å². The maximum absolute atomic E-state index is 11.6. The zero-order valence-electron chi connectivity index (χ0n) is 11.4. The van der Waals surface area contributed by atoms with Crippen molar-refractivity contribution in [2.24, 2.45) is 7.05 Å². The van der Waals surface area contributed by atoms with Crippen LogP contribution in [0.3, 0.4) is 0 Å². The number of nitrogens with zero attached hydrogens (tertiary/aromatic N) is 2. The summed E-state index contributed by atoms with van der Waals surface area (Å²) >= 11 is 0. The van der Waals surface area contributed by atoms with E-state index in [0.29, 0.717) is 19.4 Å². The number of hydrogen-bond acceptors (Lipinski definition) is 3. The molecule has 106 valence electrons. The van der Waals surface area contributed by atoms with Gasteiger partial charge < -0.3 is 15.7 Å². The Kier molecular flexibility index (Phi) is 5.35. The highest BCUT2D eigenvalue weighted by Crippen LogP contribution is 2.04. The zero-order valence-corrected chi connectivity index (χ0v) is 11.4. The maximum Gasteiger partial charge on any atom is 0.326 e. The van der Waals surface area contributed by atoms with Gasteiger partial charge in [0.15, 0.2) is 0 Å². The number of amides is 2. The Labute approximate surface area is 112 Å². The number of carboxylic acids is 1. The maximum atomic E-state index is 11.6. The smallest absolute Gasteiger partial charge is 0.326 e. The van der Waals surface area contributed by atoms with E-state index in [-0.39, 0.29) is 0 Å². The molecular weight excluding hydrogens is 248 g/mol. The summed E-state index contributed by atoms with van der Waals surface area (Å²) in [5.41, 5.74) is 1.86. The Morgan fingerprint density at radius 2 is 2.21 bits per heavy atom. The average Bonchev–Trinajstić information content (AvgIpc) is 2.67. The fourth-order valence-electron chi connectivity index (χ4n) is 1.65. The molecule has 0 bridgehead atoms. The van der Waals surface area contributed by atoms with Gasteiger partial charge in [0.05, 0.1) is 6.20 Å². The summed E-state index contributed by atoms with van der Waals surface area (Å²) in [4.78, 5) is 22.5. The predicted octanol–water partition coefficient (Wildman–Crippen LogP) is 0.781. The second kappa shape index (κ2) is 6.77. The highest BCUT2D eigenvalue weighted by Gasteiger charge is 2.18. The molecule has 1 unspecified atom stereocenters. The van der Waals surface area contributed by atoms with Crippen LogP contribution in [0.4, 0.5) is 4.79 Å². The van der Waals surface area contributed by atoms with Crippen molar-refractivity contribution in [2.75, 3.05) is 0 Å². The number of carboxylic acid groups (broad SMARTS) is 1. The molecule has 1 aromatic heterocycles. The molecule has 0 aliphatic heterocycles. The highest BCUT2D eigenvalue weighted by atomic mass is 16.4. The van der Waals surface area contributed by atoms with Gasteiger partial charge in [0.2, 0.25) is 0 Å². The quantitative estimate of drug-likeness (QED) is 0.710. The van der Waals surface area contributed by atoms with Crippen LogP contribution in [0.1, 0.15) is 31.0 Å². The minimum absolute atomic E-state index is 0.323. The lowest BCUT2D eigenvalue weighted by Gasteiger charge is -2.14. The first-order chi connectivity index (χ1) is 8.95. The molecule has 0 aliphatic carbocycles. The van der Waals surface area contributed by atoms with Crippen LogP contribution < -0.4 is 10.6 Å². The second-order valence-corrected chi connectivity index (χ2v) is 4.39. The third-order valence-corrected chi connectivity index (χ3v) is 2.96. The average molecular weight is 268 g/mol. The molecule has 0 saturated carbocycles. The van der Waals surface area contributed by atoms with Crippen molar-refractivity contribution in [3.63, 3.8) is 0 Å². The van der Waals surface area contributed by atoms with Crippen LogP contribution in [-0.2, 0) is 18.4 Å². The number of urea groups is 1. The molecule has 2 amide bonds. The lowest BCUT2D eigenvalue weighted by molar-refractivity contribution is -0.139. The summed E-state index contributed by atoms with van der Waals surface area (Å²) in [5.74, 6) is -1.02. The van der Waals surface area contributed by atoms with E-state index in [1.165, 1.54) is 0 Å². The van der Waals surface area contributed by atoms with Crippen molar-refractivity contribution in [2.45, 2.75) is 39.3 Å². The Hall–Kier alpha value is -2.05. The molecule has 0 aromatic carbocycles. The third kappa shape index (κ3) is 4.27. The van der Waals surface area contributed by atoms with Gasteiger partial charge in [0, 0.05) is 24.8 Å². The van der Waals surface area contributed by atoms with Crippen LogP contribution in [0.25, 0.3) is 0 Å². The van der Waals surface area contributed by atoms with E-state index >= 15 is 0 Å². The highest BCUT2D eigenvalue weighted by molar-refractivity contribution is 5.82. The number of rotatable bonds is 6. The van der Waals surface area contributed by atoms with Crippen LogP contribution in [0.2, 0.25) is 0 Å². The second-order valence-electron chi connectivity index (χ2n) is 4.39. The number of aromatic nitrogens is 2. The molecule has 0 saturated heterocycles. The van der Waals surface area contributed by atoms with E-state index in [2.05, 4.69) is 15.7 Å². The van der Waals surface area contributed by atoms with Gasteiger partial charge in [-0.15, -0.1) is 0 Å². The molecule has 0 aliphatic rings. The minimum atomic E-state index is -1.02. The number of hydrogen-bond donors (Lipinski definition) is 3. The van der Waals surface area contributed by atoms with Crippen LogP contribution in [-0.4, -0.2) is 32.9 Å². The van der Waals surface area contributed by atoms with Gasteiger partial charge in [0.1, 0.15) is 6.04 Å². The first-order valence-corrected chi connectivity index (χ1v) is 6.20. The largest absolute Gasteiger partial charge is 0.480 e. The molecule has 0 spiro atoms. The Morgan fingerprint density at radius 3 is 2.68 bits per heavy atom. The number of carbonyl (C=O) groups excluding carboxylic acids is 1. The van der Waals surface area contributed by atoms with Crippen LogP contribution >= 0.6 is 0 Å². The lowest BCUT2D eigenvalue weighted by Crippen LogP contribution is -2.45. The first kappa shape index (κ1) is 15.0. The van der Waals surface area contributed by atoms with Crippen molar-refractivity contribution in [3.05, 3.63) is 17.5 Å². The standard InChI is InChI=1S/C12H20N4O3/c1-4-5-10(11(17)18)15-12(19)13-6-9-7-14-16(3)8(9)2/h7,10H,4-6H2,1-3H3,(H,17,18)(H2,13,15,19). The van der Waals surface area contributed by atoms with Crippen LogP contribution in [0, 0.1) is 6.92 Å². The Bertz CT molecular complexity index is 456. The molecular formula is C12H20N4O3. The van der Waals surface area contributed by atoms with E-state index < -0.39 is 18.0 Å². The summed E-state index contributed by atoms with van der Waals surface area (Å²) < 4.78 is 1.71. The summed E-state index contributed by atoms with van der Waals surface area (Å²) in [6.45, 7) is 4.09. The van der Waals surface area contributed by atoms with Crippen LogP contribution in [0.15, 0.2) is 6.20 Å². The molecule has 1 rings (SSSR count). The minimum Gasteiger partial charge on any atom is -0.480 e. The van der Waals surface area contributed by atoms with E-state index in [1.54, 1.807) is 10.9 Å². The van der Waals surface area contributed by atoms with Gasteiger partial charge in [-0.3, -0.25) is 4.68 Å². The summed E-state index contributed by atoms with van der Waals surface area (Å²) in [6, 6.07) is -1.33.